The van der Waals surface area contributed by atoms with E-state index in [1.807, 2.05) is 32.9 Å². The second-order valence-corrected chi connectivity index (χ2v) is 6.13. The highest BCUT2D eigenvalue weighted by Gasteiger charge is 2.30. The van der Waals surface area contributed by atoms with Crippen LogP contribution >= 0.6 is 0 Å². The summed E-state index contributed by atoms with van der Waals surface area (Å²) in [5, 5.41) is 2.65. The van der Waals surface area contributed by atoms with E-state index in [0.29, 0.717) is 17.7 Å². The fourth-order valence-corrected chi connectivity index (χ4v) is 2.49. The zero-order chi connectivity index (χ0) is 19.3. The molecule has 26 heavy (non-hydrogen) atoms. The van der Waals surface area contributed by atoms with Gasteiger partial charge in [-0.15, -0.1) is 0 Å². The lowest BCUT2D eigenvalue weighted by molar-refractivity contribution is -0.137. The van der Waals surface area contributed by atoms with E-state index in [4.69, 9.17) is 4.74 Å². The van der Waals surface area contributed by atoms with E-state index in [0.717, 1.165) is 23.3 Å². The molecule has 0 heterocycles. The first-order valence-electron chi connectivity index (χ1n) is 8.39. The summed E-state index contributed by atoms with van der Waals surface area (Å²) in [4.78, 5) is 12.4. The molecule has 0 saturated heterocycles. The van der Waals surface area contributed by atoms with Gasteiger partial charge in [0.05, 0.1) is 5.56 Å². The van der Waals surface area contributed by atoms with E-state index < -0.39 is 17.8 Å². The van der Waals surface area contributed by atoms with Crippen LogP contribution in [0.25, 0.3) is 0 Å². The van der Waals surface area contributed by atoms with Crippen molar-refractivity contribution in [2.45, 2.75) is 46.0 Å². The fraction of sp³-hybridized carbons (Fsp3) is 0.350. The number of carbonyl (C=O) groups is 1. The van der Waals surface area contributed by atoms with Crippen molar-refractivity contribution in [3.63, 3.8) is 0 Å². The molecule has 0 unspecified atom stereocenters. The summed E-state index contributed by atoms with van der Waals surface area (Å²) in [6.45, 7) is 5.70. The molecule has 0 saturated carbocycles. The van der Waals surface area contributed by atoms with Gasteiger partial charge in [0.1, 0.15) is 5.75 Å². The molecule has 1 amide bonds. The number of rotatable bonds is 6. The van der Waals surface area contributed by atoms with Crippen molar-refractivity contribution >= 4 is 5.91 Å². The minimum Gasteiger partial charge on any atom is -0.480 e. The van der Waals surface area contributed by atoms with Crippen LogP contribution in [0, 0.1) is 13.8 Å². The highest BCUT2D eigenvalue weighted by atomic mass is 19.4. The summed E-state index contributed by atoms with van der Waals surface area (Å²) in [5.41, 5.74) is 1.66. The quantitative estimate of drug-likeness (QED) is 0.799. The monoisotopic (exact) mass is 365 g/mol. The van der Waals surface area contributed by atoms with Crippen LogP contribution in [0.1, 0.15) is 35.6 Å². The Morgan fingerprint density at radius 2 is 1.85 bits per heavy atom. The maximum atomic E-state index is 12.8. The van der Waals surface area contributed by atoms with Crippen LogP contribution in [-0.4, -0.2) is 12.0 Å². The number of nitrogens with one attached hydrogen (secondary N) is 1. The number of alkyl halides is 3. The van der Waals surface area contributed by atoms with Gasteiger partial charge in [-0.25, -0.2) is 0 Å². The Bertz CT molecular complexity index is 772. The molecule has 0 fully saturated rings. The second kappa shape index (κ2) is 8.25. The smallest absolute Gasteiger partial charge is 0.416 e. The first-order chi connectivity index (χ1) is 12.2. The van der Waals surface area contributed by atoms with Crippen LogP contribution in [0.15, 0.2) is 42.5 Å². The molecule has 0 radical (unpaired) electrons. The number of amides is 1. The molecule has 0 aliphatic heterocycles. The SMILES string of the molecule is CC[C@@H](Oc1cccc(C)c1C)C(=O)NCc1cccc(C(F)(F)F)c1. The molecule has 0 aliphatic rings. The maximum Gasteiger partial charge on any atom is 0.416 e. The molecule has 0 spiro atoms. The molecular weight excluding hydrogens is 343 g/mol. The normalized spacial score (nSPS) is 12.5. The predicted octanol–water partition coefficient (Wildman–Crippen LogP) is 4.80. The second-order valence-electron chi connectivity index (χ2n) is 6.13. The van der Waals surface area contributed by atoms with Gasteiger partial charge < -0.3 is 10.1 Å². The molecule has 0 bridgehead atoms. The fourth-order valence-electron chi connectivity index (χ4n) is 2.49. The third-order valence-electron chi connectivity index (χ3n) is 4.21. The highest BCUT2D eigenvalue weighted by Crippen LogP contribution is 2.29. The van der Waals surface area contributed by atoms with Crippen molar-refractivity contribution in [1.29, 1.82) is 0 Å². The summed E-state index contributed by atoms with van der Waals surface area (Å²) in [5.74, 6) is 0.275. The van der Waals surface area contributed by atoms with Crippen molar-refractivity contribution in [2.75, 3.05) is 0 Å². The molecular formula is C20H22F3NO2. The van der Waals surface area contributed by atoms with Gasteiger partial charge >= 0.3 is 6.18 Å². The van der Waals surface area contributed by atoms with Gasteiger partial charge in [0, 0.05) is 6.54 Å². The molecule has 2 aromatic carbocycles. The average molecular weight is 365 g/mol. The van der Waals surface area contributed by atoms with Crippen molar-refractivity contribution in [3.8, 4) is 5.75 Å². The first kappa shape index (κ1) is 19.8. The molecule has 0 aromatic heterocycles. The van der Waals surface area contributed by atoms with E-state index in [-0.39, 0.29) is 12.5 Å². The van der Waals surface area contributed by atoms with Gasteiger partial charge in [0.15, 0.2) is 6.10 Å². The van der Waals surface area contributed by atoms with Gasteiger partial charge in [0.2, 0.25) is 0 Å². The maximum absolute atomic E-state index is 12.8. The minimum absolute atomic E-state index is 0.00934. The average Bonchev–Trinajstić information content (AvgIpc) is 2.60. The number of hydrogen-bond acceptors (Lipinski definition) is 2. The number of benzene rings is 2. The molecule has 6 heteroatoms. The minimum atomic E-state index is -4.40. The van der Waals surface area contributed by atoms with Crippen molar-refractivity contribution in [2.24, 2.45) is 0 Å². The largest absolute Gasteiger partial charge is 0.480 e. The molecule has 1 atom stereocenters. The summed E-state index contributed by atoms with van der Waals surface area (Å²) >= 11 is 0. The topological polar surface area (TPSA) is 38.3 Å². The Hall–Kier alpha value is -2.50. The Labute approximate surface area is 151 Å². The van der Waals surface area contributed by atoms with Crippen LogP contribution in [0.3, 0.4) is 0 Å². The molecule has 2 rings (SSSR count). The zero-order valence-corrected chi connectivity index (χ0v) is 15.0. The Kier molecular flexibility index (Phi) is 6.29. The van der Waals surface area contributed by atoms with E-state index in [1.54, 1.807) is 12.1 Å². The van der Waals surface area contributed by atoms with Gasteiger partial charge in [-0.1, -0.05) is 31.2 Å². The Morgan fingerprint density at radius 1 is 1.15 bits per heavy atom. The highest BCUT2D eigenvalue weighted by molar-refractivity contribution is 5.81. The number of hydrogen-bond donors (Lipinski definition) is 1. The number of ether oxygens (including phenoxy) is 1. The molecule has 1 N–H and O–H groups in total. The van der Waals surface area contributed by atoms with E-state index in [2.05, 4.69) is 5.32 Å². The van der Waals surface area contributed by atoms with Gasteiger partial charge in [-0.3, -0.25) is 4.79 Å². The standard InChI is InChI=1S/C20H22F3NO2/c1-4-17(26-18-10-5-7-13(2)14(18)3)19(25)24-12-15-8-6-9-16(11-15)20(21,22)23/h5-11,17H,4,12H2,1-3H3,(H,24,25)/t17-/m1/s1. The van der Waals surface area contributed by atoms with Gasteiger partial charge in [-0.2, -0.15) is 13.2 Å². The molecule has 3 nitrogen and oxygen atoms in total. The van der Waals surface area contributed by atoms with Crippen LogP contribution in [-0.2, 0) is 17.5 Å². The van der Waals surface area contributed by atoms with Crippen LogP contribution in [0.5, 0.6) is 5.75 Å². The predicted molar refractivity (Wildman–Crippen MR) is 93.9 cm³/mol. The Balaban J connectivity index is 2.02. The van der Waals surface area contributed by atoms with Crippen LogP contribution in [0.2, 0.25) is 0 Å². The molecule has 140 valence electrons. The number of carbonyl (C=O) groups excluding carboxylic acids is 1. The van der Waals surface area contributed by atoms with E-state index in [9.17, 15) is 18.0 Å². The van der Waals surface area contributed by atoms with Gasteiger partial charge in [-0.05, 0) is 55.2 Å². The van der Waals surface area contributed by atoms with Crippen molar-refractivity contribution in [1.82, 2.24) is 5.32 Å². The van der Waals surface area contributed by atoms with E-state index in [1.165, 1.54) is 6.07 Å². The summed E-state index contributed by atoms with van der Waals surface area (Å²) in [7, 11) is 0. The van der Waals surface area contributed by atoms with E-state index >= 15 is 0 Å². The lowest BCUT2D eigenvalue weighted by Gasteiger charge is -2.19. The third-order valence-corrected chi connectivity index (χ3v) is 4.21. The lowest BCUT2D eigenvalue weighted by Crippen LogP contribution is -2.37. The van der Waals surface area contributed by atoms with Crippen molar-refractivity contribution in [3.05, 3.63) is 64.7 Å². The number of halogens is 3. The molecule has 2 aromatic rings. The zero-order valence-electron chi connectivity index (χ0n) is 15.0. The van der Waals surface area contributed by atoms with Crippen molar-refractivity contribution < 1.29 is 22.7 Å². The Morgan fingerprint density at radius 3 is 2.50 bits per heavy atom. The van der Waals surface area contributed by atoms with Crippen LogP contribution < -0.4 is 10.1 Å². The summed E-state index contributed by atoms with van der Waals surface area (Å²) in [6, 6.07) is 10.5. The van der Waals surface area contributed by atoms with Crippen LogP contribution in [0.4, 0.5) is 13.2 Å². The molecule has 0 aliphatic carbocycles. The summed E-state index contributed by atoms with van der Waals surface area (Å²) in [6.07, 6.45) is -4.67. The number of aryl methyl sites for hydroxylation is 1. The third kappa shape index (κ3) is 5.00. The van der Waals surface area contributed by atoms with Gasteiger partial charge in [0.25, 0.3) is 5.91 Å². The first-order valence-corrected chi connectivity index (χ1v) is 8.39. The summed E-state index contributed by atoms with van der Waals surface area (Å²) < 4.78 is 44.1. The lowest BCUT2D eigenvalue weighted by atomic mass is 10.1.